The summed E-state index contributed by atoms with van der Waals surface area (Å²) in [6, 6.07) is 71.4. The second kappa shape index (κ2) is 19.9. The Balaban J connectivity index is 1.08. The van der Waals surface area contributed by atoms with E-state index in [2.05, 4.69) is 349 Å². The second-order valence-electron chi connectivity index (χ2n) is 32.9. The molecule has 15 rings (SSSR count). The van der Waals surface area contributed by atoms with Gasteiger partial charge < -0.3 is 24.5 Å². The summed E-state index contributed by atoms with van der Waals surface area (Å²) in [5, 5.41) is 0. The number of rotatable bonds is 5. The lowest BCUT2D eigenvalue weighted by atomic mass is 9.35. The lowest BCUT2D eigenvalue weighted by molar-refractivity contribution is 0.568. The van der Waals surface area contributed by atoms with Crippen molar-refractivity contribution in [3.05, 3.63) is 221 Å². The first-order valence-corrected chi connectivity index (χ1v) is 34.0. The number of aryl methyl sites for hydroxylation is 1. The van der Waals surface area contributed by atoms with Gasteiger partial charge in [-0.25, -0.2) is 0 Å². The summed E-state index contributed by atoms with van der Waals surface area (Å²) in [6.07, 6.45) is 0. The zero-order valence-corrected chi connectivity index (χ0v) is 57.9. The van der Waals surface area contributed by atoms with Crippen LogP contribution in [0.15, 0.2) is 182 Å². The zero-order chi connectivity index (χ0) is 64.1. The average Bonchev–Trinajstić information content (AvgIpc) is 1.61. The third-order valence-corrected chi connectivity index (χ3v) is 21.5. The minimum absolute atomic E-state index is 0.0473. The largest absolute Gasteiger partial charge is 0.311 e. The van der Waals surface area contributed by atoms with Gasteiger partial charge in [-0.3, -0.25) is 0 Å². The van der Waals surface area contributed by atoms with Crippen molar-refractivity contribution in [1.82, 2.24) is 0 Å². The van der Waals surface area contributed by atoms with Crippen LogP contribution in [-0.4, -0.2) is 13.4 Å². The molecule has 8 heteroatoms. The molecular weight excluding hydrogens is 1120 g/mol. The van der Waals surface area contributed by atoms with Gasteiger partial charge in [-0.15, -0.1) is 0 Å². The maximum atomic E-state index is 2.72. The predicted molar refractivity (Wildman–Crippen MR) is 398 cm³/mol. The predicted octanol–water partition coefficient (Wildman–Crippen LogP) is 19.8. The van der Waals surface area contributed by atoms with Gasteiger partial charge in [0.05, 0.1) is 28.4 Å². The molecule has 0 saturated heterocycles. The number of fused-ring (bicyclic) bond motifs is 11. The minimum Gasteiger partial charge on any atom is -0.311 e. The molecule has 5 nitrogen and oxygen atoms in total. The molecule has 0 spiro atoms. The normalized spacial score (nSPS) is 14.6. The Hall–Kier alpha value is -8.19. The Bertz CT molecular complexity index is 4540. The van der Waals surface area contributed by atoms with E-state index in [0.29, 0.717) is 0 Å². The maximum Gasteiger partial charge on any atom is 0.264 e. The van der Waals surface area contributed by atoms with E-state index in [9.17, 15) is 0 Å². The Morgan fingerprint density at radius 3 is 1.12 bits per heavy atom. The van der Waals surface area contributed by atoms with Crippen LogP contribution in [0.1, 0.15) is 164 Å². The van der Waals surface area contributed by atoms with E-state index in [4.69, 9.17) is 0 Å². The molecule has 0 N–H and O–H groups in total. The molecule has 91 heavy (non-hydrogen) atoms. The minimum atomic E-state index is -0.108. The molecule has 0 unspecified atom stereocenters. The molecule has 0 atom stereocenters. The van der Waals surface area contributed by atoms with Gasteiger partial charge in [0.25, 0.3) is 13.4 Å². The quantitative estimate of drug-likeness (QED) is 0.159. The Morgan fingerprint density at radius 1 is 0.297 bits per heavy atom. The molecule has 10 aromatic rings. The molecule has 5 aliphatic heterocycles. The smallest absolute Gasteiger partial charge is 0.264 e. The number of benzene rings is 9. The van der Waals surface area contributed by atoms with Gasteiger partial charge in [-0.05, 0) is 197 Å². The Morgan fingerprint density at radius 2 is 0.670 bits per heavy atom. The van der Waals surface area contributed by atoms with E-state index in [-0.39, 0.29) is 45.9 Å². The summed E-state index contributed by atoms with van der Waals surface area (Å²) in [5.41, 5.74) is 32.3. The third kappa shape index (κ3) is 9.29. The first kappa shape index (κ1) is 59.1. The van der Waals surface area contributed by atoms with Crippen molar-refractivity contribution < 1.29 is 0 Å². The first-order chi connectivity index (χ1) is 42.8. The molecular formula is C83H87B2N5S. The fraction of sp³-hybridized carbons (Fsp3) is 0.301. The van der Waals surface area contributed by atoms with Crippen LogP contribution < -0.4 is 55.9 Å². The van der Waals surface area contributed by atoms with E-state index < -0.39 is 0 Å². The molecule has 0 aliphatic carbocycles. The fourth-order valence-electron chi connectivity index (χ4n) is 15.1. The summed E-state index contributed by atoms with van der Waals surface area (Å²) in [7, 11) is 0. The van der Waals surface area contributed by atoms with Crippen LogP contribution in [0.3, 0.4) is 0 Å². The summed E-state index contributed by atoms with van der Waals surface area (Å²) in [5.74, 6) is 0. The molecule has 0 fully saturated rings. The van der Waals surface area contributed by atoms with Crippen LogP contribution >= 0.6 is 11.3 Å². The highest BCUT2D eigenvalue weighted by molar-refractivity contribution is 7.39. The van der Waals surface area contributed by atoms with Crippen molar-refractivity contribution in [2.24, 2.45) is 0 Å². The maximum absolute atomic E-state index is 2.72. The van der Waals surface area contributed by atoms with Crippen LogP contribution in [0, 0.1) is 6.92 Å². The van der Waals surface area contributed by atoms with Crippen molar-refractivity contribution in [2.75, 3.05) is 24.5 Å². The number of hydrogen-bond acceptors (Lipinski definition) is 6. The van der Waals surface area contributed by atoms with Gasteiger partial charge >= 0.3 is 0 Å². The fourth-order valence-corrected chi connectivity index (χ4v) is 16.6. The summed E-state index contributed by atoms with van der Waals surface area (Å²) in [4.78, 5) is 13.3. The molecule has 1 aromatic heterocycles. The van der Waals surface area contributed by atoms with Crippen molar-refractivity contribution in [3.63, 3.8) is 0 Å². The third-order valence-electron chi connectivity index (χ3n) is 20.2. The monoisotopic (exact) mass is 1210 g/mol. The lowest BCUT2D eigenvalue weighted by Crippen LogP contribution is -2.61. The van der Waals surface area contributed by atoms with Crippen molar-refractivity contribution in [3.8, 4) is 0 Å². The molecule has 0 amide bonds. The molecule has 0 saturated carbocycles. The van der Waals surface area contributed by atoms with E-state index >= 15 is 0 Å². The second-order valence-corrected chi connectivity index (χ2v) is 34.0. The molecule has 5 aliphatic rings. The Kier molecular flexibility index (Phi) is 12.9. The SMILES string of the molecule is Cc1cc2c3c(c1)N1c4ccccc4N4c5cc(N(c6ccccc6)c6ccccc6)cc6c5B(c5cc(C(C)(C)C)ccc5N6c5cc(C(C)(C)C)cc(C(C)(C)C)c5)c5sc(c1c54)B3c1ccc(C(C)(C)C)cc1N2c1cc(C(C)(C)C)cc(C(C)(C)C)c1. The topological polar surface area (TPSA) is 16.2 Å². The number of hydrogen-bond donors (Lipinski definition) is 0. The van der Waals surface area contributed by atoms with Crippen LogP contribution in [0.4, 0.5) is 85.3 Å². The number of nitrogens with zero attached hydrogens (tertiary/aromatic N) is 5. The molecule has 6 heterocycles. The average molecular weight is 1210 g/mol. The van der Waals surface area contributed by atoms with Crippen LogP contribution in [0.25, 0.3) is 0 Å². The van der Waals surface area contributed by atoms with Crippen molar-refractivity contribution >= 4 is 141 Å². The highest BCUT2D eigenvalue weighted by Crippen LogP contribution is 2.60. The standard InChI is InChI=1S/C83H87B2N5S/c1-50-38-68-72-69(39-50)89-65-32-26-27-33-66(65)90-71-49-61(86(57-28-22-20-23-29-57)58-30-24-21-25-31-58)48-70-73(71)85(63-46-51(78(2,3)4)35-37-64(63)87(70)59-42-53(80(8,9)10)40-54(43-59)81(11,12)13)77-75(90)74(89)76(91-77)84(72)62-36-34-52(79(5,6)7)47-67(62)88(68)60-44-55(82(14,15)16)41-56(45-60)83(17,18)19/h20-49H,1-19H3. The molecule has 456 valence electrons. The van der Waals surface area contributed by atoms with Gasteiger partial charge in [-0.2, -0.15) is 11.3 Å². The summed E-state index contributed by atoms with van der Waals surface area (Å²) >= 11 is 2.08. The van der Waals surface area contributed by atoms with Crippen LogP contribution in [-0.2, 0) is 32.5 Å². The zero-order valence-electron chi connectivity index (χ0n) is 57.1. The lowest BCUT2D eigenvalue weighted by Gasteiger charge is -2.49. The number of thiophene rings is 1. The highest BCUT2D eigenvalue weighted by atomic mass is 32.1. The van der Waals surface area contributed by atoms with Gasteiger partial charge in [0.1, 0.15) is 0 Å². The first-order valence-electron chi connectivity index (χ1n) is 33.1. The van der Waals surface area contributed by atoms with Crippen molar-refractivity contribution in [1.29, 1.82) is 0 Å². The summed E-state index contributed by atoms with van der Waals surface area (Å²) < 4.78 is 2.80. The number of anilines is 15. The van der Waals surface area contributed by atoms with E-state index in [1.54, 1.807) is 0 Å². The Labute approximate surface area is 547 Å². The van der Waals surface area contributed by atoms with E-state index in [1.165, 1.54) is 139 Å². The number of para-hydroxylation sites is 4. The van der Waals surface area contributed by atoms with E-state index in [1.807, 2.05) is 0 Å². The molecule has 0 radical (unpaired) electrons. The molecule has 0 bridgehead atoms. The van der Waals surface area contributed by atoms with Crippen molar-refractivity contribution in [2.45, 2.75) is 164 Å². The highest BCUT2D eigenvalue weighted by Gasteiger charge is 2.55. The van der Waals surface area contributed by atoms with Gasteiger partial charge in [0.2, 0.25) is 0 Å². The molecule has 9 aromatic carbocycles. The summed E-state index contributed by atoms with van der Waals surface area (Å²) in [6.45, 7) is 44.8. The van der Waals surface area contributed by atoms with Crippen LogP contribution in [0.5, 0.6) is 0 Å². The van der Waals surface area contributed by atoms with E-state index in [0.717, 1.165) is 17.1 Å². The van der Waals surface area contributed by atoms with Gasteiger partial charge in [0.15, 0.2) is 0 Å². The van der Waals surface area contributed by atoms with Crippen LogP contribution in [0.2, 0.25) is 0 Å². The van der Waals surface area contributed by atoms with Gasteiger partial charge in [0, 0.05) is 66.4 Å². The van der Waals surface area contributed by atoms with Gasteiger partial charge in [-0.1, -0.05) is 210 Å².